The first kappa shape index (κ1) is 12.4. The molecule has 0 spiro atoms. The van der Waals surface area contributed by atoms with Crippen LogP contribution >= 0.6 is 0 Å². The van der Waals surface area contributed by atoms with Gasteiger partial charge in [-0.25, -0.2) is 0 Å². The van der Waals surface area contributed by atoms with E-state index in [2.05, 4.69) is 13.8 Å². The van der Waals surface area contributed by atoms with E-state index in [4.69, 9.17) is 5.11 Å². The van der Waals surface area contributed by atoms with Gasteiger partial charge in [-0.1, -0.05) is 13.8 Å². The molecule has 0 radical (unpaired) electrons. The van der Waals surface area contributed by atoms with Gasteiger partial charge in [-0.05, 0) is 30.6 Å². The molecule has 0 aromatic rings. The standard InChI is InChI=1S/C13H21NO3/c1-13(2)7-10(13)12(17)14-5-3-4-9(8-14)6-11(15)16/h9-10H,3-8H2,1-2H3,(H,15,16). The van der Waals surface area contributed by atoms with Crippen LogP contribution in [0.3, 0.4) is 0 Å². The van der Waals surface area contributed by atoms with Crippen LogP contribution in [0.5, 0.6) is 0 Å². The summed E-state index contributed by atoms with van der Waals surface area (Å²) in [6.07, 6.45) is 3.05. The maximum atomic E-state index is 12.2. The summed E-state index contributed by atoms with van der Waals surface area (Å²) < 4.78 is 0. The molecule has 1 N–H and O–H groups in total. The highest BCUT2D eigenvalue weighted by Crippen LogP contribution is 2.52. The molecule has 2 rings (SSSR count). The van der Waals surface area contributed by atoms with Gasteiger partial charge in [0.25, 0.3) is 0 Å². The highest BCUT2D eigenvalue weighted by atomic mass is 16.4. The van der Waals surface area contributed by atoms with Crippen molar-refractivity contribution in [3.05, 3.63) is 0 Å². The number of piperidine rings is 1. The van der Waals surface area contributed by atoms with Gasteiger partial charge < -0.3 is 10.0 Å². The Morgan fingerprint density at radius 3 is 2.59 bits per heavy atom. The lowest BCUT2D eigenvalue weighted by molar-refractivity contribution is -0.141. The van der Waals surface area contributed by atoms with E-state index >= 15 is 0 Å². The summed E-state index contributed by atoms with van der Waals surface area (Å²) in [6, 6.07) is 0. The number of carbonyl (C=O) groups is 2. The van der Waals surface area contributed by atoms with Gasteiger partial charge in [-0.2, -0.15) is 0 Å². The van der Waals surface area contributed by atoms with E-state index in [0.717, 1.165) is 25.8 Å². The Hall–Kier alpha value is -1.06. The molecule has 2 aliphatic rings. The molecule has 1 amide bonds. The first-order valence-electron chi connectivity index (χ1n) is 6.41. The number of aliphatic carboxylic acids is 1. The molecule has 17 heavy (non-hydrogen) atoms. The zero-order valence-electron chi connectivity index (χ0n) is 10.6. The Bertz CT molecular complexity index is 338. The van der Waals surface area contributed by atoms with Crippen molar-refractivity contribution >= 4 is 11.9 Å². The number of hydrogen-bond acceptors (Lipinski definition) is 2. The molecule has 2 unspecified atom stereocenters. The largest absolute Gasteiger partial charge is 0.481 e. The Labute approximate surface area is 102 Å². The number of amides is 1. The summed E-state index contributed by atoms with van der Waals surface area (Å²) in [6.45, 7) is 5.68. The highest BCUT2D eigenvalue weighted by molar-refractivity contribution is 5.82. The highest BCUT2D eigenvalue weighted by Gasteiger charge is 2.52. The van der Waals surface area contributed by atoms with Crippen molar-refractivity contribution in [2.45, 2.75) is 39.5 Å². The van der Waals surface area contributed by atoms with Crippen LogP contribution < -0.4 is 0 Å². The number of carboxylic acid groups (broad SMARTS) is 1. The summed E-state index contributed by atoms with van der Waals surface area (Å²) in [5, 5.41) is 8.79. The number of likely N-dealkylation sites (tertiary alicyclic amines) is 1. The normalized spacial score (nSPS) is 31.1. The second-order valence-electron chi connectivity index (χ2n) is 6.14. The number of carbonyl (C=O) groups excluding carboxylic acids is 1. The van der Waals surface area contributed by atoms with Crippen molar-refractivity contribution in [3.8, 4) is 0 Å². The van der Waals surface area contributed by atoms with Gasteiger partial charge in [0.2, 0.25) is 5.91 Å². The second-order valence-corrected chi connectivity index (χ2v) is 6.14. The van der Waals surface area contributed by atoms with Gasteiger partial charge in [0.15, 0.2) is 0 Å². The molecule has 4 nitrogen and oxygen atoms in total. The van der Waals surface area contributed by atoms with Crippen LogP contribution in [0.4, 0.5) is 0 Å². The van der Waals surface area contributed by atoms with Crippen LogP contribution in [0, 0.1) is 17.3 Å². The van der Waals surface area contributed by atoms with E-state index < -0.39 is 5.97 Å². The molecule has 2 atom stereocenters. The molecule has 1 aliphatic carbocycles. The number of carboxylic acids is 1. The topological polar surface area (TPSA) is 57.6 Å². The molecule has 96 valence electrons. The zero-order chi connectivity index (χ0) is 12.6. The first-order valence-corrected chi connectivity index (χ1v) is 6.41. The molecular formula is C13H21NO3. The molecule has 0 bridgehead atoms. The van der Waals surface area contributed by atoms with E-state index in [1.54, 1.807) is 0 Å². The van der Waals surface area contributed by atoms with Crippen LogP contribution in [-0.4, -0.2) is 35.0 Å². The third kappa shape index (κ3) is 2.79. The van der Waals surface area contributed by atoms with Gasteiger partial charge in [-0.15, -0.1) is 0 Å². The fraction of sp³-hybridized carbons (Fsp3) is 0.846. The summed E-state index contributed by atoms with van der Waals surface area (Å²) in [5.41, 5.74) is 0.164. The first-order chi connectivity index (χ1) is 7.90. The van der Waals surface area contributed by atoms with Crippen molar-refractivity contribution in [3.63, 3.8) is 0 Å². The average Bonchev–Trinajstić information content (AvgIpc) is 2.86. The Kier molecular flexibility index (Phi) is 3.15. The van der Waals surface area contributed by atoms with E-state index in [-0.39, 0.29) is 29.6 Å². The van der Waals surface area contributed by atoms with Crippen LogP contribution in [0.15, 0.2) is 0 Å². The quantitative estimate of drug-likeness (QED) is 0.816. The van der Waals surface area contributed by atoms with Crippen molar-refractivity contribution in [2.24, 2.45) is 17.3 Å². The molecule has 0 aromatic carbocycles. The Balaban J connectivity index is 1.89. The van der Waals surface area contributed by atoms with Crippen LogP contribution in [0.2, 0.25) is 0 Å². The summed E-state index contributed by atoms with van der Waals surface area (Å²) in [7, 11) is 0. The van der Waals surface area contributed by atoms with Gasteiger partial charge in [0.05, 0.1) is 0 Å². The van der Waals surface area contributed by atoms with Crippen molar-refractivity contribution in [2.75, 3.05) is 13.1 Å². The summed E-state index contributed by atoms with van der Waals surface area (Å²) in [4.78, 5) is 24.8. The molecular weight excluding hydrogens is 218 g/mol. The number of rotatable bonds is 3. The molecule has 0 aromatic heterocycles. The molecule has 4 heteroatoms. The van der Waals surface area contributed by atoms with E-state index in [1.165, 1.54) is 0 Å². The molecule has 1 saturated heterocycles. The Morgan fingerprint density at radius 2 is 2.06 bits per heavy atom. The van der Waals surface area contributed by atoms with E-state index in [0.29, 0.717) is 6.54 Å². The molecule has 1 heterocycles. The smallest absolute Gasteiger partial charge is 0.303 e. The maximum Gasteiger partial charge on any atom is 0.303 e. The summed E-state index contributed by atoms with van der Waals surface area (Å²) in [5.74, 6) is -0.195. The van der Waals surface area contributed by atoms with Gasteiger partial charge in [-0.3, -0.25) is 9.59 Å². The van der Waals surface area contributed by atoms with E-state index in [1.807, 2.05) is 4.90 Å². The number of nitrogens with zero attached hydrogens (tertiary/aromatic N) is 1. The monoisotopic (exact) mass is 239 g/mol. The number of hydrogen-bond donors (Lipinski definition) is 1. The van der Waals surface area contributed by atoms with Crippen molar-refractivity contribution < 1.29 is 14.7 Å². The molecule has 2 fully saturated rings. The minimum atomic E-state index is -0.754. The SMILES string of the molecule is CC1(C)CC1C(=O)N1CCCC(CC(=O)O)C1. The van der Waals surface area contributed by atoms with Gasteiger partial charge >= 0.3 is 5.97 Å². The minimum Gasteiger partial charge on any atom is -0.481 e. The lowest BCUT2D eigenvalue weighted by Crippen LogP contribution is -2.41. The van der Waals surface area contributed by atoms with Gasteiger partial charge in [0.1, 0.15) is 0 Å². The lowest BCUT2D eigenvalue weighted by Gasteiger charge is -2.32. The fourth-order valence-corrected chi connectivity index (χ4v) is 2.79. The van der Waals surface area contributed by atoms with Crippen molar-refractivity contribution in [1.29, 1.82) is 0 Å². The summed E-state index contributed by atoms with van der Waals surface area (Å²) >= 11 is 0. The third-order valence-corrected chi connectivity index (χ3v) is 4.11. The Morgan fingerprint density at radius 1 is 1.41 bits per heavy atom. The van der Waals surface area contributed by atoms with Crippen LogP contribution in [0.1, 0.15) is 39.5 Å². The second kappa shape index (κ2) is 4.31. The van der Waals surface area contributed by atoms with E-state index in [9.17, 15) is 9.59 Å². The molecule has 1 aliphatic heterocycles. The third-order valence-electron chi connectivity index (χ3n) is 4.11. The lowest BCUT2D eigenvalue weighted by atomic mass is 9.94. The predicted octanol–water partition coefficient (Wildman–Crippen LogP) is 1.75. The minimum absolute atomic E-state index is 0.145. The fourth-order valence-electron chi connectivity index (χ4n) is 2.79. The van der Waals surface area contributed by atoms with Crippen molar-refractivity contribution in [1.82, 2.24) is 4.90 Å². The van der Waals surface area contributed by atoms with Crippen LogP contribution in [0.25, 0.3) is 0 Å². The van der Waals surface area contributed by atoms with Gasteiger partial charge in [0, 0.05) is 25.4 Å². The van der Waals surface area contributed by atoms with Crippen LogP contribution in [-0.2, 0) is 9.59 Å². The maximum absolute atomic E-state index is 12.2. The average molecular weight is 239 g/mol. The predicted molar refractivity (Wildman–Crippen MR) is 63.4 cm³/mol. The molecule has 1 saturated carbocycles. The zero-order valence-corrected chi connectivity index (χ0v) is 10.6.